The van der Waals surface area contributed by atoms with Gasteiger partial charge in [-0.3, -0.25) is 4.79 Å². The SMILES string of the molecule is Cn1cnc(N[C]=O)c1. The molecule has 0 saturated carbocycles. The number of amides is 1. The zero-order chi connectivity index (χ0) is 6.69. The van der Waals surface area contributed by atoms with Gasteiger partial charge in [0.05, 0.1) is 6.33 Å². The summed E-state index contributed by atoms with van der Waals surface area (Å²) in [5.74, 6) is 0.521. The molecule has 0 aliphatic rings. The molecule has 0 aromatic carbocycles. The highest BCUT2D eigenvalue weighted by Gasteiger charge is 1.90. The molecule has 0 aliphatic heterocycles. The maximum atomic E-state index is 9.70. The van der Waals surface area contributed by atoms with Crippen LogP contribution >= 0.6 is 0 Å². The molecule has 1 heterocycles. The van der Waals surface area contributed by atoms with E-state index in [1.807, 2.05) is 7.05 Å². The van der Waals surface area contributed by atoms with Crippen LogP contribution in [0.3, 0.4) is 0 Å². The summed E-state index contributed by atoms with van der Waals surface area (Å²) in [6.45, 7) is 0. The van der Waals surface area contributed by atoms with Crippen LogP contribution in [0.25, 0.3) is 0 Å². The lowest BCUT2D eigenvalue weighted by Gasteiger charge is -1.84. The monoisotopic (exact) mass is 124 g/mol. The van der Waals surface area contributed by atoms with Gasteiger partial charge in [0, 0.05) is 13.2 Å². The largest absolute Gasteiger partial charge is 0.338 e. The van der Waals surface area contributed by atoms with E-state index in [1.54, 1.807) is 17.1 Å². The summed E-state index contributed by atoms with van der Waals surface area (Å²) >= 11 is 0. The zero-order valence-corrected chi connectivity index (χ0v) is 4.96. The van der Waals surface area contributed by atoms with Crippen LogP contribution in [0.1, 0.15) is 0 Å². The smallest absolute Gasteiger partial charge is 0.315 e. The zero-order valence-electron chi connectivity index (χ0n) is 4.96. The second-order valence-corrected chi connectivity index (χ2v) is 1.65. The van der Waals surface area contributed by atoms with Gasteiger partial charge in [-0.1, -0.05) is 0 Å². The van der Waals surface area contributed by atoms with E-state index in [9.17, 15) is 4.79 Å². The first kappa shape index (κ1) is 5.81. The average molecular weight is 124 g/mol. The molecule has 4 nitrogen and oxygen atoms in total. The fourth-order valence-corrected chi connectivity index (χ4v) is 0.530. The number of aryl methyl sites for hydroxylation is 1. The van der Waals surface area contributed by atoms with Gasteiger partial charge in [-0.25, -0.2) is 4.98 Å². The highest BCUT2D eigenvalue weighted by molar-refractivity contribution is 5.68. The van der Waals surface area contributed by atoms with Gasteiger partial charge >= 0.3 is 6.41 Å². The molecule has 1 rings (SSSR count). The average Bonchev–Trinajstić information content (AvgIpc) is 2.17. The molecule has 0 fully saturated rings. The molecule has 0 atom stereocenters. The molecular formula is C5H6N3O. The molecule has 1 radical (unpaired) electrons. The minimum Gasteiger partial charge on any atom is -0.338 e. The van der Waals surface area contributed by atoms with Crippen LogP contribution in [0.4, 0.5) is 5.82 Å². The maximum absolute atomic E-state index is 9.70. The highest BCUT2D eigenvalue weighted by atomic mass is 16.1. The first-order valence-electron chi connectivity index (χ1n) is 2.44. The Bertz CT molecular complexity index is 206. The summed E-state index contributed by atoms with van der Waals surface area (Å²) < 4.78 is 1.74. The van der Waals surface area contributed by atoms with Crippen LogP contribution in [0.15, 0.2) is 12.5 Å². The van der Waals surface area contributed by atoms with Crippen LogP contribution in [0, 0.1) is 0 Å². The van der Waals surface area contributed by atoms with Crippen LogP contribution in [-0.2, 0) is 11.8 Å². The van der Waals surface area contributed by atoms with Crippen LogP contribution in [0.5, 0.6) is 0 Å². The molecule has 47 valence electrons. The summed E-state index contributed by atoms with van der Waals surface area (Å²) in [4.78, 5) is 13.5. The van der Waals surface area contributed by atoms with Crippen LogP contribution in [0.2, 0.25) is 0 Å². The number of aromatic nitrogens is 2. The fourth-order valence-electron chi connectivity index (χ4n) is 0.530. The van der Waals surface area contributed by atoms with Crippen molar-refractivity contribution in [2.75, 3.05) is 5.32 Å². The molecule has 4 heteroatoms. The van der Waals surface area contributed by atoms with Crippen LogP contribution in [-0.4, -0.2) is 16.0 Å². The number of hydrogen-bond donors (Lipinski definition) is 1. The number of hydrogen-bond acceptors (Lipinski definition) is 2. The van der Waals surface area contributed by atoms with Crippen molar-refractivity contribution in [1.82, 2.24) is 9.55 Å². The van der Waals surface area contributed by atoms with E-state index < -0.39 is 0 Å². The Morgan fingerprint density at radius 2 is 2.67 bits per heavy atom. The fraction of sp³-hybridized carbons (Fsp3) is 0.200. The first-order chi connectivity index (χ1) is 4.33. The van der Waals surface area contributed by atoms with Crippen LogP contribution < -0.4 is 5.32 Å². The van der Waals surface area contributed by atoms with Gasteiger partial charge in [0.1, 0.15) is 0 Å². The van der Waals surface area contributed by atoms with Gasteiger partial charge in [0.2, 0.25) is 0 Å². The number of nitrogens with zero attached hydrogens (tertiary/aromatic N) is 2. The molecule has 0 saturated heterocycles. The number of rotatable bonds is 2. The first-order valence-corrected chi connectivity index (χ1v) is 2.44. The third-order valence-corrected chi connectivity index (χ3v) is 0.884. The molecule has 0 unspecified atom stereocenters. The Balaban J connectivity index is 2.72. The Hall–Kier alpha value is -1.32. The summed E-state index contributed by atoms with van der Waals surface area (Å²) in [5.41, 5.74) is 0. The van der Waals surface area contributed by atoms with Crippen molar-refractivity contribution in [3.63, 3.8) is 0 Å². The van der Waals surface area contributed by atoms with Gasteiger partial charge in [-0.2, -0.15) is 0 Å². The molecule has 0 spiro atoms. The van der Waals surface area contributed by atoms with Crippen molar-refractivity contribution in [3.05, 3.63) is 12.5 Å². The molecule has 1 amide bonds. The van der Waals surface area contributed by atoms with E-state index in [2.05, 4.69) is 10.3 Å². The lowest BCUT2D eigenvalue weighted by Crippen LogP contribution is -1.92. The molecule has 1 aromatic rings. The quantitative estimate of drug-likeness (QED) is 0.559. The topological polar surface area (TPSA) is 46.9 Å². The molecule has 1 N–H and O–H groups in total. The van der Waals surface area contributed by atoms with Gasteiger partial charge in [-0.15, -0.1) is 0 Å². The summed E-state index contributed by atoms with van der Waals surface area (Å²) in [6, 6.07) is 0. The predicted octanol–water partition coefficient (Wildman–Crippen LogP) is -0.101. The van der Waals surface area contributed by atoms with E-state index in [0.29, 0.717) is 5.82 Å². The molecule has 0 aliphatic carbocycles. The van der Waals surface area contributed by atoms with Gasteiger partial charge < -0.3 is 9.88 Å². The minimum absolute atomic E-state index is 0.521. The van der Waals surface area contributed by atoms with Crippen molar-refractivity contribution < 1.29 is 4.79 Å². The normalized spacial score (nSPS) is 9.00. The van der Waals surface area contributed by atoms with Crippen molar-refractivity contribution >= 4 is 12.2 Å². The Labute approximate surface area is 52.5 Å². The molecule has 1 aromatic heterocycles. The number of anilines is 1. The standard InChI is InChI=1S/C5H6N3O/c1-8-2-5(6-3-8)7-4-9/h2-3H,1H3,(H,7,9). The van der Waals surface area contributed by atoms with Crippen molar-refractivity contribution in [2.45, 2.75) is 0 Å². The minimum atomic E-state index is 0.521. The Kier molecular flexibility index (Phi) is 1.48. The summed E-state index contributed by atoms with van der Waals surface area (Å²) in [6.07, 6.45) is 4.80. The second-order valence-electron chi connectivity index (χ2n) is 1.65. The van der Waals surface area contributed by atoms with Crippen molar-refractivity contribution in [2.24, 2.45) is 7.05 Å². The highest BCUT2D eigenvalue weighted by Crippen LogP contribution is 1.97. The van der Waals surface area contributed by atoms with Gasteiger partial charge in [0.25, 0.3) is 0 Å². The Morgan fingerprint density at radius 3 is 3.11 bits per heavy atom. The summed E-state index contributed by atoms with van der Waals surface area (Å²) in [5, 5.41) is 2.29. The van der Waals surface area contributed by atoms with E-state index >= 15 is 0 Å². The predicted molar refractivity (Wildman–Crippen MR) is 32.5 cm³/mol. The molecule has 0 bridgehead atoms. The van der Waals surface area contributed by atoms with E-state index in [4.69, 9.17) is 0 Å². The number of carbonyl (C=O) groups excluding carboxylic acids is 1. The maximum Gasteiger partial charge on any atom is 0.315 e. The van der Waals surface area contributed by atoms with Crippen molar-refractivity contribution in [3.8, 4) is 0 Å². The number of nitrogens with one attached hydrogen (secondary N) is 1. The lowest BCUT2D eigenvalue weighted by atomic mass is 10.7. The molecule has 9 heavy (non-hydrogen) atoms. The number of imidazole rings is 1. The van der Waals surface area contributed by atoms with E-state index in [1.165, 1.54) is 6.41 Å². The third kappa shape index (κ3) is 1.28. The van der Waals surface area contributed by atoms with Crippen molar-refractivity contribution in [1.29, 1.82) is 0 Å². The summed E-state index contributed by atoms with van der Waals surface area (Å²) in [7, 11) is 1.82. The van der Waals surface area contributed by atoms with E-state index in [-0.39, 0.29) is 0 Å². The van der Waals surface area contributed by atoms with Gasteiger partial charge in [-0.05, 0) is 0 Å². The van der Waals surface area contributed by atoms with Gasteiger partial charge in [0.15, 0.2) is 5.82 Å². The third-order valence-electron chi connectivity index (χ3n) is 0.884. The lowest BCUT2D eigenvalue weighted by molar-refractivity contribution is 0.561. The van der Waals surface area contributed by atoms with E-state index in [0.717, 1.165) is 0 Å². The Morgan fingerprint density at radius 1 is 1.89 bits per heavy atom. The second kappa shape index (κ2) is 2.30. The molecular weight excluding hydrogens is 118 g/mol.